The van der Waals surface area contributed by atoms with Crippen LogP contribution in [-0.4, -0.2) is 34.3 Å². The summed E-state index contributed by atoms with van der Waals surface area (Å²) in [7, 11) is 0. The van der Waals surface area contributed by atoms with E-state index in [1.807, 2.05) is 6.92 Å². The van der Waals surface area contributed by atoms with Gasteiger partial charge < -0.3 is 14.5 Å². The van der Waals surface area contributed by atoms with Crippen LogP contribution >= 0.6 is 0 Å². The van der Waals surface area contributed by atoms with Crippen LogP contribution in [0.2, 0.25) is 0 Å². The van der Waals surface area contributed by atoms with E-state index in [9.17, 15) is 18.0 Å². The van der Waals surface area contributed by atoms with Gasteiger partial charge in [0.25, 0.3) is 0 Å². The van der Waals surface area contributed by atoms with Crippen molar-refractivity contribution in [3.05, 3.63) is 51.9 Å². The highest BCUT2D eigenvalue weighted by atomic mass is 19.4. The Balaban J connectivity index is 1.67. The van der Waals surface area contributed by atoms with E-state index in [0.29, 0.717) is 36.0 Å². The first-order chi connectivity index (χ1) is 14.7. The van der Waals surface area contributed by atoms with Crippen LogP contribution in [0.3, 0.4) is 0 Å². The number of hydrogen-bond donors (Lipinski definition) is 1. The van der Waals surface area contributed by atoms with E-state index in [1.54, 1.807) is 13.0 Å². The molecular weight excluding hydrogens is 411 g/mol. The Kier molecular flexibility index (Phi) is 5.70. The zero-order valence-corrected chi connectivity index (χ0v) is 17.1. The van der Waals surface area contributed by atoms with Gasteiger partial charge in [-0.2, -0.15) is 13.2 Å². The molecule has 31 heavy (non-hydrogen) atoms. The lowest BCUT2D eigenvalue weighted by molar-refractivity contribution is -0.137. The SMILES string of the molecule is Cc1cc(OC(C)C2CCOCC2)c(=O)c2c[nH]c(-c3cc(C(F)(F)F)ccn3)nc1-2. The maximum absolute atomic E-state index is 13.0. The number of H-pyrrole nitrogens is 1. The molecule has 1 aliphatic carbocycles. The number of halogens is 3. The standard InChI is InChI=1S/C22H22F3N3O3/c1-12-9-18(31-13(2)14-4-7-30-8-5-14)20(29)16-11-27-21(28-19(12)16)17-10-15(3-6-26-17)22(23,24)25/h3,6,9-11,13-14H,4-5,7-8H2,1-2H3,(H,27,28). The number of hydrogen-bond acceptors (Lipinski definition) is 5. The molecule has 1 aromatic rings. The first-order valence-corrected chi connectivity index (χ1v) is 10.0. The molecule has 6 nitrogen and oxygen atoms in total. The maximum Gasteiger partial charge on any atom is 0.416 e. The van der Waals surface area contributed by atoms with Crippen LogP contribution in [-0.2, 0) is 10.9 Å². The summed E-state index contributed by atoms with van der Waals surface area (Å²) < 4.78 is 50.4. The largest absolute Gasteiger partial charge is 0.486 e. The summed E-state index contributed by atoms with van der Waals surface area (Å²) in [5.74, 6) is 0.692. The second kappa shape index (κ2) is 8.30. The topological polar surface area (TPSA) is 77.1 Å². The molecule has 0 saturated carbocycles. The fourth-order valence-corrected chi connectivity index (χ4v) is 3.79. The molecule has 2 aliphatic heterocycles. The average Bonchev–Trinajstić information content (AvgIpc) is 2.77. The van der Waals surface area contributed by atoms with Crippen LogP contribution in [0.4, 0.5) is 13.2 Å². The zero-order chi connectivity index (χ0) is 22.2. The first kappa shape index (κ1) is 21.3. The minimum absolute atomic E-state index is 0.0389. The van der Waals surface area contributed by atoms with Crippen LogP contribution in [0.5, 0.6) is 5.75 Å². The highest BCUT2D eigenvalue weighted by molar-refractivity contribution is 5.69. The van der Waals surface area contributed by atoms with E-state index < -0.39 is 11.7 Å². The molecule has 1 saturated heterocycles. The molecule has 1 atom stereocenters. The fraction of sp³-hybridized carbons (Fsp3) is 0.409. The van der Waals surface area contributed by atoms with Crippen molar-refractivity contribution in [2.24, 2.45) is 5.92 Å². The number of nitrogens with zero attached hydrogens (tertiary/aromatic N) is 2. The van der Waals surface area contributed by atoms with Gasteiger partial charge >= 0.3 is 6.18 Å². The van der Waals surface area contributed by atoms with E-state index in [2.05, 4.69) is 15.0 Å². The molecule has 0 amide bonds. The van der Waals surface area contributed by atoms with Crippen molar-refractivity contribution in [3.8, 4) is 28.5 Å². The number of pyridine rings is 1. The van der Waals surface area contributed by atoms with Crippen molar-refractivity contribution in [2.45, 2.75) is 39.0 Å². The maximum atomic E-state index is 13.0. The van der Waals surface area contributed by atoms with Crippen LogP contribution in [0, 0.1) is 12.8 Å². The molecule has 164 valence electrons. The summed E-state index contributed by atoms with van der Waals surface area (Å²) >= 11 is 0. The summed E-state index contributed by atoms with van der Waals surface area (Å²) in [4.78, 5) is 24.1. The Morgan fingerprint density at radius 3 is 2.71 bits per heavy atom. The Morgan fingerprint density at radius 2 is 2.00 bits per heavy atom. The average molecular weight is 433 g/mol. The lowest BCUT2D eigenvalue weighted by Crippen LogP contribution is -2.31. The number of benzene rings is 1. The van der Waals surface area contributed by atoms with Crippen LogP contribution in [0.1, 0.15) is 30.9 Å². The molecule has 1 N–H and O–H groups in total. The zero-order valence-electron chi connectivity index (χ0n) is 17.1. The molecular formula is C22H22F3N3O3. The summed E-state index contributed by atoms with van der Waals surface area (Å²) in [6, 6.07) is 3.46. The van der Waals surface area contributed by atoms with Gasteiger partial charge in [0.1, 0.15) is 5.69 Å². The number of alkyl halides is 3. The molecule has 0 radical (unpaired) electrons. The van der Waals surface area contributed by atoms with Crippen molar-refractivity contribution >= 4 is 0 Å². The smallest absolute Gasteiger partial charge is 0.416 e. The van der Waals surface area contributed by atoms with Gasteiger partial charge in [0, 0.05) is 25.6 Å². The lowest BCUT2D eigenvalue weighted by Gasteiger charge is -2.28. The molecule has 9 heteroatoms. The van der Waals surface area contributed by atoms with Gasteiger partial charge in [-0.1, -0.05) is 0 Å². The van der Waals surface area contributed by atoms with Gasteiger partial charge in [-0.3, -0.25) is 9.78 Å². The highest BCUT2D eigenvalue weighted by Crippen LogP contribution is 2.32. The number of fused-ring (bicyclic) bond motifs is 1. The van der Waals surface area contributed by atoms with Gasteiger partial charge in [0.2, 0.25) is 5.43 Å². The van der Waals surface area contributed by atoms with Gasteiger partial charge in [-0.15, -0.1) is 0 Å². The van der Waals surface area contributed by atoms with E-state index in [4.69, 9.17) is 9.47 Å². The Bertz CT molecular complexity index is 1110. The van der Waals surface area contributed by atoms with Crippen molar-refractivity contribution in [2.75, 3.05) is 13.2 Å². The van der Waals surface area contributed by atoms with E-state index >= 15 is 0 Å². The summed E-state index contributed by atoms with van der Waals surface area (Å²) in [5, 5.41) is 0. The van der Waals surface area contributed by atoms with Crippen LogP contribution in [0.25, 0.3) is 22.8 Å². The third-order valence-corrected chi connectivity index (χ3v) is 5.59. The van der Waals surface area contributed by atoms with E-state index in [1.165, 1.54) is 6.20 Å². The predicted molar refractivity (Wildman–Crippen MR) is 108 cm³/mol. The van der Waals surface area contributed by atoms with Gasteiger partial charge in [-0.05, 0) is 56.4 Å². The van der Waals surface area contributed by atoms with Gasteiger partial charge in [-0.25, -0.2) is 4.98 Å². The normalized spacial score (nSPS) is 16.4. The van der Waals surface area contributed by atoms with E-state index in [0.717, 1.165) is 31.2 Å². The fourth-order valence-electron chi connectivity index (χ4n) is 3.79. The first-order valence-electron chi connectivity index (χ1n) is 10.0. The Morgan fingerprint density at radius 1 is 1.26 bits per heavy atom. The monoisotopic (exact) mass is 433 g/mol. The van der Waals surface area contributed by atoms with Crippen molar-refractivity contribution in [1.82, 2.24) is 15.0 Å². The van der Waals surface area contributed by atoms with Crippen molar-refractivity contribution in [1.29, 1.82) is 0 Å². The quantitative estimate of drug-likeness (QED) is 0.658. The second-order valence-corrected chi connectivity index (χ2v) is 7.73. The number of aromatic nitrogens is 3. The van der Waals surface area contributed by atoms with Crippen molar-refractivity contribution in [3.63, 3.8) is 0 Å². The predicted octanol–water partition coefficient (Wildman–Crippen LogP) is 4.46. The Hall–Kier alpha value is -2.94. The number of rotatable bonds is 4. The molecule has 3 aliphatic rings. The van der Waals surface area contributed by atoms with Crippen molar-refractivity contribution < 1.29 is 22.6 Å². The molecule has 1 unspecified atom stereocenters. The molecule has 4 rings (SSSR count). The number of ether oxygens (including phenoxy) is 2. The third-order valence-electron chi connectivity index (χ3n) is 5.59. The molecule has 0 bridgehead atoms. The third kappa shape index (κ3) is 4.41. The number of aryl methyl sites for hydroxylation is 1. The van der Waals surface area contributed by atoms with E-state index in [-0.39, 0.29) is 28.8 Å². The van der Waals surface area contributed by atoms with Crippen LogP contribution < -0.4 is 10.2 Å². The van der Waals surface area contributed by atoms with Crippen LogP contribution in [0.15, 0.2) is 35.4 Å². The molecule has 0 aromatic carbocycles. The number of nitrogens with one attached hydrogen (secondary N) is 1. The number of aromatic amines is 1. The molecule has 0 spiro atoms. The lowest BCUT2D eigenvalue weighted by atomic mass is 9.95. The van der Waals surface area contributed by atoms with Gasteiger partial charge in [0.15, 0.2) is 11.6 Å². The second-order valence-electron chi connectivity index (χ2n) is 7.73. The summed E-state index contributed by atoms with van der Waals surface area (Å²) in [6.45, 7) is 5.10. The highest BCUT2D eigenvalue weighted by Gasteiger charge is 2.31. The molecule has 1 aromatic heterocycles. The molecule has 1 fully saturated rings. The van der Waals surface area contributed by atoms with Gasteiger partial charge in [0.05, 0.1) is 22.9 Å². The summed E-state index contributed by atoms with van der Waals surface area (Å²) in [6.07, 6.45) is -0.340. The Labute approximate surface area is 176 Å². The molecule has 3 heterocycles. The minimum Gasteiger partial charge on any atom is -0.486 e. The minimum atomic E-state index is -4.49. The summed E-state index contributed by atoms with van der Waals surface area (Å²) in [5.41, 5.74) is 0.295.